The molecule has 0 aromatic heterocycles. The van der Waals surface area contributed by atoms with E-state index in [0.717, 1.165) is 56.9 Å². The summed E-state index contributed by atoms with van der Waals surface area (Å²) in [6.07, 6.45) is 4.93. The van der Waals surface area contributed by atoms with E-state index in [0.29, 0.717) is 12.3 Å². The minimum atomic E-state index is -4.73. The lowest BCUT2D eigenvalue weighted by Crippen LogP contribution is -2.47. The van der Waals surface area contributed by atoms with Crippen LogP contribution in [0, 0.1) is 17.3 Å². The normalized spacial score (nSPS) is 30.7. The van der Waals surface area contributed by atoms with Crippen LogP contribution >= 0.6 is 0 Å². The Kier molecular flexibility index (Phi) is 6.79. The van der Waals surface area contributed by atoms with Crippen molar-refractivity contribution in [2.45, 2.75) is 83.4 Å². The largest absolute Gasteiger partial charge is 0.573 e. The number of rotatable bonds is 6. The molecule has 0 bridgehead atoms. The number of ether oxygens (including phenoxy) is 1. The van der Waals surface area contributed by atoms with Gasteiger partial charge in [0.05, 0.1) is 5.41 Å². The highest BCUT2D eigenvalue weighted by molar-refractivity contribution is 5.77. The number of carbonyl (C=O) groups is 1. The van der Waals surface area contributed by atoms with Gasteiger partial charge in [0.15, 0.2) is 0 Å². The maximum absolute atomic E-state index is 12.6. The van der Waals surface area contributed by atoms with Crippen molar-refractivity contribution in [3.63, 3.8) is 0 Å². The Balaban J connectivity index is 1.84. The number of aliphatic carboxylic acids is 1. The highest BCUT2D eigenvalue weighted by Gasteiger charge is 2.53. The van der Waals surface area contributed by atoms with Gasteiger partial charge in [0.2, 0.25) is 0 Å². The molecular weight excluding hydrogens is 381 g/mol. The molecule has 162 valence electrons. The van der Waals surface area contributed by atoms with E-state index in [1.165, 1.54) is 18.6 Å². The Morgan fingerprint density at radius 2 is 1.76 bits per heavy atom. The zero-order valence-corrected chi connectivity index (χ0v) is 17.0. The summed E-state index contributed by atoms with van der Waals surface area (Å²) in [4.78, 5) is 12.6. The molecule has 2 aliphatic carbocycles. The fourth-order valence-corrected chi connectivity index (χ4v) is 5.86. The zero-order chi connectivity index (χ0) is 21.1. The third kappa shape index (κ3) is 4.89. The molecule has 29 heavy (non-hydrogen) atoms. The van der Waals surface area contributed by atoms with Crippen molar-refractivity contribution >= 4 is 5.97 Å². The summed E-state index contributed by atoms with van der Waals surface area (Å²) in [5, 5.41) is 10.4. The molecule has 2 unspecified atom stereocenters. The van der Waals surface area contributed by atoms with Crippen molar-refractivity contribution in [2.75, 3.05) is 0 Å². The van der Waals surface area contributed by atoms with Crippen LogP contribution in [0.25, 0.3) is 0 Å². The van der Waals surface area contributed by atoms with E-state index in [1.807, 2.05) is 0 Å². The molecule has 0 radical (unpaired) electrons. The summed E-state index contributed by atoms with van der Waals surface area (Å²) in [5.74, 6) is -0.344. The van der Waals surface area contributed by atoms with Crippen molar-refractivity contribution in [3.8, 4) is 5.75 Å². The maximum atomic E-state index is 12.6. The highest BCUT2D eigenvalue weighted by atomic mass is 19.4. The predicted molar refractivity (Wildman–Crippen MR) is 105 cm³/mol. The average molecular weight is 412 g/mol. The van der Waals surface area contributed by atoms with Crippen molar-refractivity contribution in [1.82, 2.24) is 0 Å². The minimum Gasteiger partial charge on any atom is -0.481 e. The Bertz CT molecular complexity index is 678. The number of alkyl halides is 3. The SMILES string of the molecule is CCCC1CCC(C2(C(=O)O)CCCCC2c2ccc(OC(F)(F)F)cc2)CC1. The molecule has 1 N–H and O–H groups in total. The fraction of sp³-hybridized carbons (Fsp3) is 0.696. The van der Waals surface area contributed by atoms with Crippen molar-refractivity contribution in [1.29, 1.82) is 0 Å². The van der Waals surface area contributed by atoms with Gasteiger partial charge >= 0.3 is 12.3 Å². The average Bonchev–Trinajstić information content (AvgIpc) is 2.68. The monoisotopic (exact) mass is 412 g/mol. The Morgan fingerprint density at radius 1 is 1.10 bits per heavy atom. The Hall–Kier alpha value is -1.72. The molecule has 1 aromatic carbocycles. The van der Waals surface area contributed by atoms with E-state index in [9.17, 15) is 23.1 Å². The number of hydrogen-bond donors (Lipinski definition) is 1. The van der Waals surface area contributed by atoms with Crippen LogP contribution < -0.4 is 4.74 Å². The second-order valence-corrected chi connectivity index (χ2v) is 8.77. The third-order valence-corrected chi connectivity index (χ3v) is 7.14. The van der Waals surface area contributed by atoms with E-state index in [2.05, 4.69) is 11.7 Å². The molecule has 6 heteroatoms. The van der Waals surface area contributed by atoms with Crippen molar-refractivity contribution < 1.29 is 27.8 Å². The molecule has 1 aromatic rings. The van der Waals surface area contributed by atoms with Crippen LogP contribution in [-0.4, -0.2) is 17.4 Å². The van der Waals surface area contributed by atoms with Gasteiger partial charge in [0, 0.05) is 5.92 Å². The summed E-state index contributed by atoms with van der Waals surface area (Å²) in [7, 11) is 0. The van der Waals surface area contributed by atoms with Gasteiger partial charge in [-0.3, -0.25) is 4.79 Å². The molecule has 0 amide bonds. The third-order valence-electron chi connectivity index (χ3n) is 7.14. The first kappa shape index (κ1) is 22.0. The van der Waals surface area contributed by atoms with E-state index in [4.69, 9.17) is 0 Å². The molecule has 0 heterocycles. The topological polar surface area (TPSA) is 46.5 Å². The van der Waals surface area contributed by atoms with Gasteiger partial charge in [0.25, 0.3) is 0 Å². The first-order valence-corrected chi connectivity index (χ1v) is 10.9. The van der Waals surface area contributed by atoms with E-state index in [1.54, 1.807) is 12.1 Å². The molecule has 2 atom stereocenters. The van der Waals surface area contributed by atoms with Gasteiger partial charge in [-0.2, -0.15) is 0 Å². The fourth-order valence-electron chi connectivity index (χ4n) is 5.86. The lowest BCUT2D eigenvalue weighted by atomic mass is 9.54. The molecule has 3 nitrogen and oxygen atoms in total. The van der Waals surface area contributed by atoms with Crippen LogP contribution in [0.4, 0.5) is 13.2 Å². The van der Waals surface area contributed by atoms with Crippen LogP contribution in [0.2, 0.25) is 0 Å². The van der Waals surface area contributed by atoms with Crippen LogP contribution in [0.5, 0.6) is 5.75 Å². The Labute approximate surface area is 170 Å². The molecule has 0 aliphatic heterocycles. The minimum absolute atomic E-state index is 0.129. The van der Waals surface area contributed by atoms with Crippen molar-refractivity contribution in [3.05, 3.63) is 29.8 Å². The van der Waals surface area contributed by atoms with Gasteiger partial charge in [-0.1, -0.05) is 57.6 Å². The summed E-state index contributed by atoms with van der Waals surface area (Å²) in [6, 6.07) is 5.86. The van der Waals surface area contributed by atoms with Gasteiger partial charge in [-0.15, -0.1) is 13.2 Å². The van der Waals surface area contributed by atoms with Gasteiger partial charge < -0.3 is 9.84 Å². The maximum Gasteiger partial charge on any atom is 0.573 e. The molecule has 2 saturated carbocycles. The van der Waals surface area contributed by atoms with Crippen LogP contribution in [0.1, 0.15) is 82.6 Å². The van der Waals surface area contributed by atoms with Gasteiger partial charge in [0.1, 0.15) is 5.75 Å². The standard InChI is InChI=1S/C23H31F3O3/c1-2-5-16-7-11-18(12-8-16)22(21(27)28)15-4-3-6-20(22)17-9-13-19(14-10-17)29-23(24,25)26/h9-10,13-14,16,18,20H,2-8,11-12,15H2,1H3,(H,27,28). The Morgan fingerprint density at radius 3 is 2.31 bits per heavy atom. The number of hydrogen-bond acceptors (Lipinski definition) is 2. The lowest BCUT2D eigenvalue weighted by Gasteiger charge is -2.48. The smallest absolute Gasteiger partial charge is 0.481 e. The summed E-state index contributed by atoms with van der Waals surface area (Å²) >= 11 is 0. The first-order valence-electron chi connectivity index (χ1n) is 10.9. The highest BCUT2D eigenvalue weighted by Crippen LogP contribution is 2.56. The molecule has 2 aliphatic rings. The molecule has 0 spiro atoms. The van der Waals surface area contributed by atoms with Crippen LogP contribution in [0.15, 0.2) is 24.3 Å². The number of benzene rings is 1. The van der Waals surface area contributed by atoms with Gasteiger partial charge in [-0.05, 0) is 55.2 Å². The molecular formula is C23H31F3O3. The molecule has 2 fully saturated rings. The number of halogens is 3. The number of carboxylic acids is 1. The predicted octanol–water partition coefficient (Wildman–Crippen LogP) is 6.92. The van der Waals surface area contributed by atoms with Crippen LogP contribution in [-0.2, 0) is 4.79 Å². The summed E-state index contributed by atoms with van der Waals surface area (Å²) < 4.78 is 41.3. The molecule has 3 rings (SSSR count). The second-order valence-electron chi connectivity index (χ2n) is 8.77. The van der Waals surface area contributed by atoms with E-state index in [-0.39, 0.29) is 17.6 Å². The van der Waals surface area contributed by atoms with Crippen LogP contribution in [0.3, 0.4) is 0 Å². The zero-order valence-electron chi connectivity index (χ0n) is 17.0. The summed E-state index contributed by atoms with van der Waals surface area (Å²) in [6.45, 7) is 2.19. The summed E-state index contributed by atoms with van der Waals surface area (Å²) in [5.41, 5.74) is -0.000673. The van der Waals surface area contributed by atoms with E-state index >= 15 is 0 Å². The quantitative estimate of drug-likeness (QED) is 0.552. The second kappa shape index (κ2) is 8.97. The molecule has 0 saturated heterocycles. The first-order chi connectivity index (χ1) is 13.8. The number of carboxylic acid groups (broad SMARTS) is 1. The van der Waals surface area contributed by atoms with E-state index < -0.39 is 17.7 Å². The van der Waals surface area contributed by atoms with Crippen molar-refractivity contribution in [2.24, 2.45) is 17.3 Å². The van der Waals surface area contributed by atoms with Gasteiger partial charge in [-0.25, -0.2) is 0 Å². The lowest BCUT2D eigenvalue weighted by molar-refractivity contribution is -0.274.